The normalized spacial score (nSPS) is 19.6. The third-order valence-electron chi connectivity index (χ3n) is 4.39. The number of carbonyl (C=O) groups excluding carboxylic acids is 1. The van der Waals surface area contributed by atoms with Crippen LogP contribution < -0.4 is 0 Å². The van der Waals surface area contributed by atoms with Crippen LogP contribution in [0, 0.1) is 0 Å². The lowest BCUT2D eigenvalue weighted by atomic mass is 10.1. The third kappa shape index (κ3) is 8.49. The minimum atomic E-state index is -0.942. The number of aliphatic hydroxyl groups is 1. The molecule has 0 bridgehead atoms. The van der Waals surface area contributed by atoms with Crippen molar-refractivity contribution in [2.45, 2.75) is 90.1 Å². The summed E-state index contributed by atoms with van der Waals surface area (Å²) in [7, 11) is 0. The van der Waals surface area contributed by atoms with Gasteiger partial charge in [-0.2, -0.15) is 0 Å². The second-order valence-electron chi connectivity index (χ2n) is 6.58. The first kappa shape index (κ1) is 20.7. The fraction of sp³-hybridized carbons (Fsp3) is 0.667. The standard InChI is InChI=1S/C21H34O3/c1-3-4-5-6-7-8-9-10-11-12-13-14-15-16-17-19-20(22)18(2)24-21(19)23/h10-11,17,20,22H,2-9,12-16H2,1H3/b11-10+,19-17-. The number of rotatable bonds is 13. The molecule has 1 fully saturated rings. The van der Waals surface area contributed by atoms with Gasteiger partial charge in [0.1, 0.15) is 11.9 Å². The minimum absolute atomic E-state index is 0.141. The Balaban J connectivity index is 1.94. The lowest BCUT2D eigenvalue weighted by molar-refractivity contribution is -0.132. The molecule has 1 aliphatic heterocycles. The highest BCUT2D eigenvalue weighted by Gasteiger charge is 2.32. The SMILES string of the molecule is C=C1OC(=O)/C(=C\CCCCC/C=C/CCCCCCCC)C1O. The van der Waals surface area contributed by atoms with Crippen molar-refractivity contribution in [3.63, 3.8) is 0 Å². The number of unbranched alkanes of at least 4 members (excludes halogenated alkanes) is 10. The third-order valence-corrected chi connectivity index (χ3v) is 4.39. The average Bonchev–Trinajstić information content (AvgIpc) is 2.81. The zero-order valence-corrected chi connectivity index (χ0v) is 15.3. The Morgan fingerprint density at radius 1 is 0.958 bits per heavy atom. The first-order chi connectivity index (χ1) is 11.7. The van der Waals surface area contributed by atoms with Gasteiger partial charge in [0.15, 0.2) is 0 Å². The van der Waals surface area contributed by atoms with E-state index in [1.54, 1.807) is 6.08 Å². The van der Waals surface area contributed by atoms with Crippen molar-refractivity contribution in [3.05, 3.63) is 36.1 Å². The Kier molecular flexibility index (Phi) is 11.2. The van der Waals surface area contributed by atoms with Gasteiger partial charge in [0.25, 0.3) is 0 Å². The monoisotopic (exact) mass is 334 g/mol. The Morgan fingerprint density at radius 2 is 1.50 bits per heavy atom. The molecule has 3 heteroatoms. The highest BCUT2D eigenvalue weighted by molar-refractivity contribution is 5.93. The van der Waals surface area contributed by atoms with Crippen LogP contribution in [0.1, 0.15) is 84.0 Å². The summed E-state index contributed by atoms with van der Waals surface area (Å²) < 4.78 is 4.79. The molecule has 1 saturated heterocycles. The van der Waals surface area contributed by atoms with Gasteiger partial charge in [-0.15, -0.1) is 0 Å². The van der Waals surface area contributed by atoms with Gasteiger partial charge in [-0.1, -0.05) is 70.3 Å². The van der Waals surface area contributed by atoms with E-state index in [1.165, 1.54) is 51.4 Å². The summed E-state index contributed by atoms with van der Waals surface area (Å²) >= 11 is 0. The van der Waals surface area contributed by atoms with Gasteiger partial charge in [0, 0.05) is 0 Å². The Hall–Kier alpha value is -1.35. The van der Waals surface area contributed by atoms with Crippen LogP contribution in [0.25, 0.3) is 0 Å². The Morgan fingerprint density at radius 3 is 2.08 bits per heavy atom. The zero-order valence-electron chi connectivity index (χ0n) is 15.3. The number of hydrogen-bond donors (Lipinski definition) is 1. The highest BCUT2D eigenvalue weighted by atomic mass is 16.6. The van der Waals surface area contributed by atoms with Crippen molar-refractivity contribution in [2.24, 2.45) is 0 Å². The molecule has 1 heterocycles. The Labute approximate surface area is 147 Å². The molecule has 0 aliphatic carbocycles. The fourth-order valence-corrected chi connectivity index (χ4v) is 2.83. The molecule has 0 amide bonds. The topological polar surface area (TPSA) is 46.5 Å². The number of ether oxygens (including phenoxy) is 1. The maximum Gasteiger partial charge on any atom is 0.341 e. The zero-order chi connectivity index (χ0) is 17.6. The number of esters is 1. The first-order valence-electron chi connectivity index (χ1n) is 9.61. The number of allylic oxidation sites excluding steroid dienone is 3. The van der Waals surface area contributed by atoms with Crippen LogP contribution in [-0.4, -0.2) is 17.2 Å². The van der Waals surface area contributed by atoms with E-state index in [-0.39, 0.29) is 5.76 Å². The van der Waals surface area contributed by atoms with E-state index >= 15 is 0 Å². The predicted molar refractivity (Wildman–Crippen MR) is 99.5 cm³/mol. The van der Waals surface area contributed by atoms with Crippen molar-refractivity contribution in [1.29, 1.82) is 0 Å². The second-order valence-corrected chi connectivity index (χ2v) is 6.58. The predicted octanol–water partition coefficient (Wildman–Crippen LogP) is 5.60. The van der Waals surface area contributed by atoms with Gasteiger partial charge in [0.2, 0.25) is 0 Å². The van der Waals surface area contributed by atoms with E-state index in [9.17, 15) is 9.90 Å². The molecular formula is C21H34O3. The number of cyclic esters (lactones) is 1. The second kappa shape index (κ2) is 13.0. The van der Waals surface area contributed by atoms with Gasteiger partial charge in [0.05, 0.1) is 5.57 Å². The van der Waals surface area contributed by atoms with Gasteiger partial charge < -0.3 is 9.84 Å². The van der Waals surface area contributed by atoms with Crippen LogP contribution in [0.5, 0.6) is 0 Å². The molecule has 1 aliphatic rings. The minimum Gasteiger partial charge on any atom is -0.425 e. The first-order valence-corrected chi connectivity index (χ1v) is 9.61. The van der Waals surface area contributed by atoms with Crippen molar-refractivity contribution in [3.8, 4) is 0 Å². The van der Waals surface area contributed by atoms with E-state index in [4.69, 9.17) is 4.74 Å². The van der Waals surface area contributed by atoms with E-state index in [0.717, 1.165) is 25.7 Å². The summed E-state index contributed by atoms with van der Waals surface area (Å²) in [5.41, 5.74) is 0.346. The van der Waals surface area contributed by atoms with Crippen LogP contribution in [0.2, 0.25) is 0 Å². The lowest BCUT2D eigenvalue weighted by Crippen LogP contribution is -2.07. The molecule has 0 aromatic rings. The van der Waals surface area contributed by atoms with E-state index < -0.39 is 12.1 Å². The number of hydrogen-bond acceptors (Lipinski definition) is 3. The number of carbonyl (C=O) groups is 1. The largest absolute Gasteiger partial charge is 0.425 e. The Bertz CT molecular complexity index is 434. The highest BCUT2D eigenvalue weighted by Crippen LogP contribution is 2.23. The van der Waals surface area contributed by atoms with Crippen LogP contribution >= 0.6 is 0 Å². The molecular weight excluding hydrogens is 300 g/mol. The van der Waals surface area contributed by atoms with Crippen LogP contribution in [-0.2, 0) is 9.53 Å². The van der Waals surface area contributed by atoms with Crippen LogP contribution in [0.3, 0.4) is 0 Å². The smallest absolute Gasteiger partial charge is 0.341 e. The summed E-state index contributed by atoms with van der Waals surface area (Å²) in [6.45, 7) is 5.76. The fourth-order valence-electron chi connectivity index (χ4n) is 2.83. The summed E-state index contributed by atoms with van der Waals surface area (Å²) in [6, 6.07) is 0. The molecule has 1 rings (SSSR count). The number of aliphatic hydroxyl groups excluding tert-OH is 1. The molecule has 0 saturated carbocycles. The van der Waals surface area contributed by atoms with Crippen LogP contribution in [0.15, 0.2) is 36.1 Å². The molecule has 136 valence electrons. The molecule has 24 heavy (non-hydrogen) atoms. The van der Waals surface area contributed by atoms with Crippen molar-refractivity contribution >= 4 is 5.97 Å². The van der Waals surface area contributed by atoms with Crippen molar-refractivity contribution in [1.82, 2.24) is 0 Å². The summed E-state index contributed by atoms with van der Waals surface area (Å²) in [6.07, 6.45) is 20.1. The molecule has 0 aromatic carbocycles. The van der Waals surface area contributed by atoms with E-state index in [1.807, 2.05) is 0 Å². The maximum atomic E-state index is 11.4. The average molecular weight is 335 g/mol. The van der Waals surface area contributed by atoms with Crippen molar-refractivity contribution in [2.75, 3.05) is 0 Å². The quantitative estimate of drug-likeness (QED) is 0.206. The van der Waals surface area contributed by atoms with E-state index in [2.05, 4.69) is 25.7 Å². The van der Waals surface area contributed by atoms with Gasteiger partial charge in [-0.25, -0.2) is 4.79 Å². The summed E-state index contributed by atoms with van der Waals surface area (Å²) in [4.78, 5) is 11.4. The molecule has 0 radical (unpaired) electrons. The molecule has 0 aromatic heterocycles. The van der Waals surface area contributed by atoms with Crippen molar-refractivity contribution < 1.29 is 14.6 Å². The van der Waals surface area contributed by atoms with Gasteiger partial charge in [-0.05, 0) is 38.5 Å². The molecule has 3 nitrogen and oxygen atoms in total. The molecule has 1 atom stereocenters. The van der Waals surface area contributed by atoms with Gasteiger partial charge in [-0.3, -0.25) is 0 Å². The summed E-state index contributed by atoms with van der Waals surface area (Å²) in [5.74, 6) is -0.313. The van der Waals surface area contributed by atoms with Crippen LogP contribution in [0.4, 0.5) is 0 Å². The molecule has 0 spiro atoms. The molecule has 1 unspecified atom stereocenters. The van der Waals surface area contributed by atoms with Gasteiger partial charge >= 0.3 is 5.97 Å². The maximum absolute atomic E-state index is 11.4. The lowest BCUT2D eigenvalue weighted by Gasteiger charge is -2.00. The van der Waals surface area contributed by atoms with E-state index in [0.29, 0.717) is 5.57 Å². The summed E-state index contributed by atoms with van der Waals surface area (Å²) in [5, 5.41) is 9.71. The molecule has 1 N–H and O–H groups in total.